The fraction of sp³-hybridized carbons (Fsp3) is 0.429. The van der Waals surface area contributed by atoms with Gasteiger partial charge in [0.15, 0.2) is 0 Å². The Morgan fingerprint density at radius 3 is 2.11 bits per heavy atom. The molecule has 1 nitrogen and oxygen atoms in total. The smallest absolute Gasteiger partial charge is 0.239 e. The van der Waals surface area contributed by atoms with E-state index in [0.717, 1.165) is 5.20 Å². The molecule has 1 atom stereocenters. The van der Waals surface area contributed by atoms with E-state index in [1.807, 2.05) is 12.6 Å². The van der Waals surface area contributed by atoms with Crippen LogP contribution in [0.15, 0.2) is 24.1 Å². The van der Waals surface area contributed by atoms with Gasteiger partial charge < -0.3 is 4.43 Å². The van der Waals surface area contributed by atoms with Gasteiger partial charge in [-0.2, -0.15) is 0 Å². The topological polar surface area (TPSA) is 9.23 Å². The van der Waals surface area contributed by atoms with Crippen LogP contribution in [0, 0.1) is 0 Å². The van der Waals surface area contributed by atoms with Crippen LogP contribution in [0.1, 0.15) is 6.92 Å². The maximum absolute atomic E-state index is 5.27. The molecule has 0 aliphatic carbocycles. The third-order valence-corrected chi connectivity index (χ3v) is 4.98. The summed E-state index contributed by atoms with van der Waals surface area (Å²) in [5.74, 6) is 0. The number of hydrogen-bond donors (Lipinski definition) is 0. The molecule has 0 aliphatic heterocycles. The molecule has 0 saturated carbocycles. The molecule has 1 unspecified atom stereocenters. The lowest BCUT2D eigenvalue weighted by Crippen LogP contribution is -2.32. The third-order valence-electron chi connectivity index (χ3n) is 1.66. The van der Waals surface area contributed by atoms with Gasteiger partial charge in [0.25, 0.3) is 0 Å². The van der Waals surface area contributed by atoms with E-state index >= 15 is 0 Å². The van der Waals surface area contributed by atoms with Gasteiger partial charge in [0.2, 0.25) is 8.32 Å². The number of hydrogen-bond acceptors (Lipinski definition) is 1. The molecule has 0 fully saturated rings. The monoisotopic (exact) mass is 142 g/mol. The zero-order valence-corrected chi connectivity index (χ0v) is 7.40. The van der Waals surface area contributed by atoms with Crippen LogP contribution in [0.2, 0.25) is 6.55 Å². The molecular weight excluding hydrogens is 128 g/mol. The van der Waals surface area contributed by atoms with Crippen molar-refractivity contribution in [1.82, 2.24) is 0 Å². The second kappa shape index (κ2) is 2.99. The van der Waals surface area contributed by atoms with Gasteiger partial charge in [-0.25, -0.2) is 0 Å². The Bertz CT molecular complexity index is 131. The van der Waals surface area contributed by atoms with Crippen LogP contribution in [-0.2, 0) is 4.43 Å². The molecule has 52 valence electrons. The maximum Gasteiger partial charge on any atom is 0.239 e. The Morgan fingerprint density at radius 1 is 1.67 bits per heavy atom. The van der Waals surface area contributed by atoms with Crippen LogP contribution in [0.3, 0.4) is 0 Å². The minimum Gasteiger partial charge on any atom is -0.412 e. The SMILES string of the molecule is C=C[Si](C)(OC)C(=C)C. The molecule has 0 heterocycles. The van der Waals surface area contributed by atoms with E-state index in [-0.39, 0.29) is 0 Å². The summed E-state index contributed by atoms with van der Waals surface area (Å²) in [5.41, 5.74) is 1.88. The fourth-order valence-corrected chi connectivity index (χ4v) is 1.30. The molecule has 0 aromatic heterocycles. The van der Waals surface area contributed by atoms with E-state index in [4.69, 9.17) is 4.43 Å². The van der Waals surface area contributed by atoms with Crippen molar-refractivity contribution in [3.63, 3.8) is 0 Å². The van der Waals surface area contributed by atoms with E-state index in [0.29, 0.717) is 0 Å². The largest absolute Gasteiger partial charge is 0.412 e. The molecule has 0 rings (SSSR count). The van der Waals surface area contributed by atoms with Crippen molar-refractivity contribution in [2.45, 2.75) is 13.5 Å². The van der Waals surface area contributed by atoms with Gasteiger partial charge in [0.05, 0.1) is 0 Å². The van der Waals surface area contributed by atoms with E-state index in [9.17, 15) is 0 Å². The summed E-state index contributed by atoms with van der Waals surface area (Å²) in [5, 5.41) is 1.11. The molecule has 9 heavy (non-hydrogen) atoms. The first-order valence-corrected chi connectivity index (χ1v) is 5.40. The lowest BCUT2D eigenvalue weighted by atomic mass is 10.8. The molecule has 0 radical (unpaired) electrons. The Kier molecular flexibility index (Phi) is 2.87. The predicted molar refractivity (Wildman–Crippen MR) is 43.6 cm³/mol. The second-order valence-corrected chi connectivity index (χ2v) is 6.18. The van der Waals surface area contributed by atoms with Crippen molar-refractivity contribution < 1.29 is 4.43 Å². The summed E-state index contributed by atoms with van der Waals surface area (Å²) in [6.07, 6.45) is 0. The average Bonchev–Trinajstić information content (AvgIpc) is 1.86. The number of rotatable bonds is 3. The van der Waals surface area contributed by atoms with Crippen molar-refractivity contribution >= 4 is 8.32 Å². The predicted octanol–water partition coefficient (Wildman–Crippen LogP) is 2.05. The lowest BCUT2D eigenvalue weighted by Gasteiger charge is -2.20. The number of allylic oxidation sites excluding steroid dienone is 1. The first-order chi connectivity index (χ1) is 4.06. The third kappa shape index (κ3) is 1.80. The Hall–Kier alpha value is -0.343. The highest BCUT2D eigenvalue weighted by atomic mass is 28.4. The van der Waals surface area contributed by atoms with E-state index in [2.05, 4.69) is 19.7 Å². The van der Waals surface area contributed by atoms with Crippen molar-refractivity contribution in [2.75, 3.05) is 7.11 Å². The van der Waals surface area contributed by atoms with Crippen LogP contribution < -0.4 is 0 Å². The molecular formula is C7H14OSi. The van der Waals surface area contributed by atoms with Crippen molar-refractivity contribution in [3.8, 4) is 0 Å². The lowest BCUT2D eigenvalue weighted by molar-refractivity contribution is 0.417. The molecule has 0 spiro atoms. The van der Waals surface area contributed by atoms with E-state index < -0.39 is 8.32 Å². The normalized spacial score (nSPS) is 16.3. The first kappa shape index (κ1) is 8.66. The molecule has 0 aromatic carbocycles. The minimum absolute atomic E-state index is 1.11. The summed E-state index contributed by atoms with van der Waals surface area (Å²) in [6, 6.07) is 0. The molecule has 0 aromatic rings. The molecule has 0 amide bonds. The average molecular weight is 142 g/mol. The van der Waals surface area contributed by atoms with Gasteiger partial charge in [-0.1, -0.05) is 10.9 Å². The molecule has 0 saturated heterocycles. The van der Waals surface area contributed by atoms with Crippen LogP contribution in [0.4, 0.5) is 0 Å². The Balaban J connectivity index is 4.27. The maximum atomic E-state index is 5.27. The quantitative estimate of drug-likeness (QED) is 0.548. The summed E-state index contributed by atoms with van der Waals surface area (Å²) >= 11 is 0. The standard InChI is InChI=1S/C7H14OSi/c1-6-9(5,8-4)7(2)3/h6H,1-2H2,3-5H3. The van der Waals surface area contributed by atoms with Gasteiger partial charge in [-0.15, -0.1) is 13.2 Å². The molecule has 0 N–H and O–H groups in total. The van der Waals surface area contributed by atoms with Crippen molar-refractivity contribution in [3.05, 3.63) is 24.1 Å². The van der Waals surface area contributed by atoms with Crippen LogP contribution in [0.5, 0.6) is 0 Å². The summed E-state index contributed by atoms with van der Waals surface area (Å²) in [7, 11) is 0.00565. The molecule has 0 aliphatic rings. The Labute approximate surface area is 58.2 Å². The highest BCUT2D eigenvalue weighted by Crippen LogP contribution is 2.13. The van der Waals surface area contributed by atoms with Gasteiger partial charge >= 0.3 is 0 Å². The molecule has 2 heteroatoms. The van der Waals surface area contributed by atoms with Crippen LogP contribution in [-0.4, -0.2) is 15.4 Å². The van der Waals surface area contributed by atoms with Crippen molar-refractivity contribution in [2.24, 2.45) is 0 Å². The zero-order chi connectivity index (χ0) is 7.49. The summed E-state index contributed by atoms with van der Waals surface area (Å²) in [6.45, 7) is 11.6. The summed E-state index contributed by atoms with van der Waals surface area (Å²) in [4.78, 5) is 0. The van der Waals surface area contributed by atoms with E-state index in [1.54, 1.807) is 7.11 Å². The minimum atomic E-state index is -1.71. The highest BCUT2D eigenvalue weighted by Gasteiger charge is 2.23. The van der Waals surface area contributed by atoms with Crippen LogP contribution in [0.25, 0.3) is 0 Å². The molecule has 0 bridgehead atoms. The van der Waals surface area contributed by atoms with Crippen molar-refractivity contribution in [1.29, 1.82) is 0 Å². The van der Waals surface area contributed by atoms with Gasteiger partial charge in [0, 0.05) is 7.11 Å². The van der Waals surface area contributed by atoms with E-state index in [1.165, 1.54) is 0 Å². The summed E-state index contributed by atoms with van der Waals surface area (Å²) < 4.78 is 5.27. The second-order valence-electron chi connectivity index (χ2n) is 2.30. The van der Waals surface area contributed by atoms with Gasteiger partial charge in [0.1, 0.15) is 0 Å². The fourth-order valence-electron chi connectivity index (χ4n) is 0.432. The first-order valence-electron chi connectivity index (χ1n) is 2.91. The highest BCUT2D eigenvalue weighted by molar-refractivity contribution is 6.83. The van der Waals surface area contributed by atoms with Gasteiger partial charge in [-0.3, -0.25) is 0 Å². The van der Waals surface area contributed by atoms with Crippen LogP contribution >= 0.6 is 0 Å². The van der Waals surface area contributed by atoms with Gasteiger partial charge in [-0.05, 0) is 13.5 Å². The zero-order valence-electron chi connectivity index (χ0n) is 6.40. The Morgan fingerprint density at radius 2 is 2.11 bits per heavy atom.